The zero-order valence-corrected chi connectivity index (χ0v) is 15.2. The first-order chi connectivity index (χ1) is 13.4. The summed E-state index contributed by atoms with van der Waals surface area (Å²) in [6.45, 7) is 3.99. The maximum atomic E-state index is 15.2. The number of ether oxygens (including phenoxy) is 3. The Bertz CT molecular complexity index is 1060. The standard InChI is InChI=1S/C19H19FN2O6/c1-10-8-26-17-14-11(16(23)12(18(24)25)7-22(10)14)6-13(20)15(17)21-3-2-19(9-21)27-4-5-28-19/h6-7,10H,2-5,8-9H2,1H3,(H,24,25). The average molecular weight is 390 g/mol. The largest absolute Gasteiger partial charge is 0.487 e. The van der Waals surface area contributed by atoms with Crippen LogP contribution in [-0.2, 0) is 9.47 Å². The van der Waals surface area contributed by atoms with E-state index < -0.39 is 23.0 Å². The second-order valence-corrected chi connectivity index (χ2v) is 7.46. The monoisotopic (exact) mass is 390 g/mol. The SMILES string of the molecule is CC1COc2c(N3CCC4(C3)OCCO4)c(F)cc3c(=O)c(C(=O)O)cn1c23. The van der Waals surface area contributed by atoms with E-state index in [2.05, 4.69) is 0 Å². The van der Waals surface area contributed by atoms with Crippen molar-refractivity contribution >= 4 is 22.6 Å². The fourth-order valence-corrected chi connectivity index (χ4v) is 4.34. The van der Waals surface area contributed by atoms with Crippen LogP contribution in [0.4, 0.5) is 10.1 Å². The summed E-state index contributed by atoms with van der Waals surface area (Å²) in [4.78, 5) is 25.9. The molecule has 2 fully saturated rings. The first-order valence-corrected chi connectivity index (χ1v) is 9.20. The Morgan fingerprint density at radius 3 is 2.82 bits per heavy atom. The number of hydrogen-bond donors (Lipinski definition) is 1. The Balaban J connectivity index is 1.73. The molecule has 3 aliphatic heterocycles. The minimum atomic E-state index is -1.34. The van der Waals surface area contributed by atoms with Gasteiger partial charge in [-0.3, -0.25) is 4.79 Å². The molecule has 148 valence electrons. The number of rotatable bonds is 2. The van der Waals surface area contributed by atoms with Gasteiger partial charge in [0.25, 0.3) is 0 Å². The van der Waals surface area contributed by atoms with Gasteiger partial charge in [-0.15, -0.1) is 0 Å². The molecule has 0 aliphatic carbocycles. The lowest BCUT2D eigenvalue weighted by molar-refractivity contribution is -0.137. The van der Waals surface area contributed by atoms with E-state index in [9.17, 15) is 14.7 Å². The smallest absolute Gasteiger partial charge is 0.341 e. The van der Waals surface area contributed by atoms with Crippen molar-refractivity contribution in [1.82, 2.24) is 4.57 Å². The summed E-state index contributed by atoms with van der Waals surface area (Å²) in [5.74, 6) is -2.43. The number of halogens is 1. The average Bonchev–Trinajstić information content (AvgIpc) is 3.29. The Morgan fingerprint density at radius 2 is 2.11 bits per heavy atom. The van der Waals surface area contributed by atoms with E-state index >= 15 is 4.39 Å². The molecule has 1 unspecified atom stereocenters. The highest BCUT2D eigenvalue weighted by Crippen LogP contribution is 2.44. The van der Waals surface area contributed by atoms with Crippen molar-refractivity contribution in [3.63, 3.8) is 0 Å². The zero-order chi connectivity index (χ0) is 19.6. The summed E-state index contributed by atoms with van der Waals surface area (Å²) in [6.07, 6.45) is 1.92. The molecule has 9 heteroatoms. The van der Waals surface area contributed by atoms with Crippen LogP contribution in [0.5, 0.6) is 5.75 Å². The maximum absolute atomic E-state index is 15.2. The molecule has 1 N–H and O–H groups in total. The first kappa shape index (κ1) is 17.4. The van der Waals surface area contributed by atoms with Gasteiger partial charge >= 0.3 is 5.97 Å². The fourth-order valence-electron chi connectivity index (χ4n) is 4.34. The number of anilines is 1. The highest BCUT2D eigenvalue weighted by molar-refractivity contribution is 5.97. The molecule has 0 amide bonds. The van der Waals surface area contributed by atoms with Gasteiger partial charge in [0.2, 0.25) is 5.43 Å². The molecule has 2 saturated heterocycles. The van der Waals surface area contributed by atoms with Crippen LogP contribution in [-0.4, -0.2) is 54.3 Å². The van der Waals surface area contributed by atoms with Crippen LogP contribution >= 0.6 is 0 Å². The van der Waals surface area contributed by atoms with Crippen molar-refractivity contribution < 1.29 is 28.5 Å². The third-order valence-electron chi connectivity index (χ3n) is 5.70. The number of nitrogens with zero attached hydrogens (tertiary/aromatic N) is 2. The van der Waals surface area contributed by atoms with Gasteiger partial charge in [0.1, 0.15) is 17.9 Å². The molecule has 0 radical (unpaired) electrons. The summed E-state index contributed by atoms with van der Waals surface area (Å²) >= 11 is 0. The molecule has 2 aromatic rings. The molecule has 5 rings (SSSR count). The third kappa shape index (κ3) is 2.36. The van der Waals surface area contributed by atoms with Crippen molar-refractivity contribution in [3.05, 3.63) is 33.9 Å². The number of carboxylic acid groups (broad SMARTS) is 1. The lowest BCUT2D eigenvalue weighted by atomic mass is 10.1. The summed E-state index contributed by atoms with van der Waals surface area (Å²) in [6, 6.07) is 0.917. The van der Waals surface area contributed by atoms with E-state index in [1.807, 2.05) is 11.8 Å². The van der Waals surface area contributed by atoms with Crippen LogP contribution < -0.4 is 15.1 Å². The van der Waals surface area contributed by atoms with Crippen LogP contribution in [0, 0.1) is 5.82 Å². The minimum absolute atomic E-state index is 0.00461. The molecule has 8 nitrogen and oxygen atoms in total. The zero-order valence-electron chi connectivity index (χ0n) is 15.2. The maximum Gasteiger partial charge on any atom is 0.341 e. The lowest BCUT2D eigenvalue weighted by Gasteiger charge is -2.31. The normalized spacial score (nSPS) is 22.8. The Morgan fingerprint density at radius 1 is 1.36 bits per heavy atom. The fraction of sp³-hybridized carbons (Fsp3) is 0.474. The van der Waals surface area contributed by atoms with Crippen LogP contribution in [0.25, 0.3) is 10.9 Å². The summed E-state index contributed by atoms with van der Waals surface area (Å²) in [7, 11) is 0. The van der Waals surface area contributed by atoms with Gasteiger partial charge in [-0.05, 0) is 13.0 Å². The number of aromatic nitrogens is 1. The van der Waals surface area contributed by atoms with Gasteiger partial charge in [-0.1, -0.05) is 0 Å². The second kappa shape index (κ2) is 5.92. The van der Waals surface area contributed by atoms with Gasteiger partial charge < -0.3 is 28.8 Å². The van der Waals surface area contributed by atoms with Crippen molar-refractivity contribution in [2.75, 3.05) is 37.8 Å². The van der Waals surface area contributed by atoms with Crippen LogP contribution in [0.15, 0.2) is 17.1 Å². The number of carboxylic acids is 1. The van der Waals surface area contributed by atoms with Crippen molar-refractivity contribution in [1.29, 1.82) is 0 Å². The highest BCUT2D eigenvalue weighted by Gasteiger charge is 2.45. The molecule has 0 saturated carbocycles. The predicted molar refractivity (Wildman–Crippen MR) is 96.8 cm³/mol. The minimum Gasteiger partial charge on any atom is -0.487 e. The van der Waals surface area contributed by atoms with E-state index in [0.717, 1.165) is 6.07 Å². The van der Waals surface area contributed by atoms with Crippen LogP contribution in [0.2, 0.25) is 0 Å². The Kier molecular flexibility index (Phi) is 3.69. The van der Waals surface area contributed by atoms with E-state index in [-0.39, 0.29) is 35.0 Å². The summed E-state index contributed by atoms with van der Waals surface area (Å²) in [5, 5.41) is 9.36. The lowest BCUT2D eigenvalue weighted by Crippen LogP contribution is -2.35. The van der Waals surface area contributed by atoms with Gasteiger partial charge in [0.05, 0.1) is 36.7 Å². The van der Waals surface area contributed by atoms with Gasteiger partial charge in [0, 0.05) is 19.2 Å². The molecule has 4 heterocycles. The van der Waals surface area contributed by atoms with Crippen molar-refractivity contribution in [3.8, 4) is 5.75 Å². The molecule has 1 atom stereocenters. The van der Waals surface area contributed by atoms with Gasteiger partial charge in [0.15, 0.2) is 17.4 Å². The third-order valence-corrected chi connectivity index (χ3v) is 5.70. The topological polar surface area (TPSA) is 90.2 Å². The molecule has 1 spiro atoms. The van der Waals surface area contributed by atoms with E-state index in [1.54, 1.807) is 4.57 Å². The number of aromatic carboxylic acids is 1. The Labute approximate surface area is 159 Å². The number of benzene rings is 1. The number of pyridine rings is 1. The molecular formula is C19H19FN2O6. The summed E-state index contributed by atoms with van der Waals surface area (Å²) < 4.78 is 34.2. The molecule has 0 bridgehead atoms. The molecule has 1 aromatic carbocycles. The highest BCUT2D eigenvalue weighted by atomic mass is 19.1. The van der Waals surface area contributed by atoms with Gasteiger partial charge in [-0.25, -0.2) is 9.18 Å². The van der Waals surface area contributed by atoms with E-state index in [1.165, 1.54) is 6.20 Å². The van der Waals surface area contributed by atoms with Crippen molar-refractivity contribution in [2.24, 2.45) is 0 Å². The van der Waals surface area contributed by atoms with E-state index in [0.29, 0.717) is 38.2 Å². The molecular weight excluding hydrogens is 371 g/mol. The quantitative estimate of drug-likeness (QED) is 0.835. The van der Waals surface area contributed by atoms with Crippen LogP contribution in [0.1, 0.15) is 29.7 Å². The molecule has 3 aliphatic rings. The predicted octanol–water partition coefficient (Wildman–Crippen LogP) is 1.75. The van der Waals surface area contributed by atoms with E-state index in [4.69, 9.17) is 14.2 Å². The molecule has 28 heavy (non-hydrogen) atoms. The molecule has 1 aromatic heterocycles. The van der Waals surface area contributed by atoms with Crippen molar-refractivity contribution in [2.45, 2.75) is 25.2 Å². The Hall–Kier alpha value is -2.65. The van der Waals surface area contributed by atoms with Gasteiger partial charge in [-0.2, -0.15) is 0 Å². The second-order valence-electron chi connectivity index (χ2n) is 7.46. The number of carbonyl (C=O) groups is 1. The first-order valence-electron chi connectivity index (χ1n) is 9.20. The summed E-state index contributed by atoms with van der Waals surface area (Å²) in [5.41, 5.74) is -0.429. The van der Waals surface area contributed by atoms with Crippen LogP contribution in [0.3, 0.4) is 0 Å². The number of hydrogen-bond acceptors (Lipinski definition) is 6.